The van der Waals surface area contributed by atoms with E-state index >= 15 is 0 Å². The zero-order valence-electron chi connectivity index (χ0n) is 7.16. The minimum atomic E-state index is 0.0483. The maximum absolute atomic E-state index is 10.8. The predicted molar refractivity (Wildman–Crippen MR) is 48.0 cm³/mol. The molecule has 13 heavy (non-hydrogen) atoms. The van der Waals surface area contributed by atoms with Crippen LogP contribution >= 0.6 is 0 Å². The Bertz CT molecular complexity index is 289. The number of hydrogen-bond donors (Lipinski definition) is 2. The third-order valence-corrected chi connectivity index (χ3v) is 2.06. The Labute approximate surface area is 76.4 Å². The van der Waals surface area contributed by atoms with Crippen LogP contribution in [0.15, 0.2) is 24.4 Å². The molecule has 0 aromatic carbocycles. The summed E-state index contributed by atoms with van der Waals surface area (Å²) in [6, 6.07) is 5.93. The molecule has 1 aromatic heterocycles. The van der Waals surface area contributed by atoms with E-state index in [0.717, 1.165) is 5.69 Å². The molecule has 1 aliphatic rings. The summed E-state index contributed by atoms with van der Waals surface area (Å²) in [7, 11) is 0. The lowest BCUT2D eigenvalue weighted by Gasteiger charge is -2.23. The van der Waals surface area contributed by atoms with Gasteiger partial charge < -0.3 is 5.32 Å². The van der Waals surface area contributed by atoms with Crippen LogP contribution in [0.2, 0.25) is 0 Å². The second-order valence-corrected chi connectivity index (χ2v) is 2.99. The van der Waals surface area contributed by atoms with E-state index in [1.807, 2.05) is 18.2 Å². The molecule has 1 unspecified atom stereocenters. The highest BCUT2D eigenvalue weighted by atomic mass is 16.2. The van der Waals surface area contributed by atoms with Gasteiger partial charge in [-0.2, -0.15) is 0 Å². The summed E-state index contributed by atoms with van der Waals surface area (Å²) in [6.45, 7) is 0.997. The number of pyridine rings is 1. The number of rotatable bonds is 1. The normalized spacial score (nSPS) is 22.5. The maximum Gasteiger partial charge on any atom is 0.234 e. The Morgan fingerprint density at radius 3 is 3.00 bits per heavy atom. The second kappa shape index (κ2) is 3.53. The first-order valence-electron chi connectivity index (χ1n) is 4.27. The van der Waals surface area contributed by atoms with E-state index in [0.29, 0.717) is 13.1 Å². The van der Waals surface area contributed by atoms with Gasteiger partial charge in [0.15, 0.2) is 0 Å². The smallest absolute Gasteiger partial charge is 0.234 e. The molecule has 1 fully saturated rings. The van der Waals surface area contributed by atoms with Gasteiger partial charge >= 0.3 is 0 Å². The maximum atomic E-state index is 10.8. The summed E-state index contributed by atoms with van der Waals surface area (Å²) in [6.07, 6.45) is 1.76. The van der Waals surface area contributed by atoms with E-state index in [4.69, 9.17) is 0 Å². The van der Waals surface area contributed by atoms with E-state index in [1.165, 1.54) is 0 Å². The third kappa shape index (κ3) is 1.84. The summed E-state index contributed by atoms with van der Waals surface area (Å²) in [5.41, 5.74) is 0.975. The van der Waals surface area contributed by atoms with E-state index < -0.39 is 0 Å². The number of amides is 1. The lowest BCUT2D eigenvalue weighted by molar-refractivity contribution is -0.121. The highest BCUT2D eigenvalue weighted by Crippen LogP contribution is 2.09. The van der Waals surface area contributed by atoms with Crippen LogP contribution in [0.5, 0.6) is 0 Å². The summed E-state index contributed by atoms with van der Waals surface area (Å²) < 4.78 is 0. The van der Waals surface area contributed by atoms with E-state index in [1.54, 1.807) is 6.20 Å². The Balaban J connectivity index is 2.07. The summed E-state index contributed by atoms with van der Waals surface area (Å²) in [4.78, 5) is 15.1. The molecule has 1 atom stereocenters. The molecule has 4 nitrogen and oxygen atoms in total. The molecule has 4 heteroatoms. The number of nitrogens with one attached hydrogen (secondary N) is 2. The van der Waals surface area contributed by atoms with Crippen LogP contribution in [0.3, 0.4) is 0 Å². The van der Waals surface area contributed by atoms with Gasteiger partial charge in [-0.15, -0.1) is 0 Å². The lowest BCUT2D eigenvalue weighted by atomic mass is 10.1. The number of carbonyl (C=O) groups is 1. The van der Waals surface area contributed by atoms with Crippen LogP contribution < -0.4 is 10.6 Å². The quantitative estimate of drug-likeness (QED) is 0.627. The Morgan fingerprint density at radius 2 is 2.38 bits per heavy atom. The molecule has 2 N–H and O–H groups in total. The third-order valence-electron chi connectivity index (χ3n) is 2.06. The number of nitrogens with zero attached hydrogens (tertiary/aromatic N) is 1. The molecule has 0 spiro atoms. The number of aromatic nitrogens is 1. The molecule has 1 amide bonds. The Kier molecular flexibility index (Phi) is 2.23. The highest BCUT2D eigenvalue weighted by molar-refractivity contribution is 5.78. The number of piperazine rings is 1. The van der Waals surface area contributed by atoms with Crippen LogP contribution in [0.1, 0.15) is 11.7 Å². The van der Waals surface area contributed by atoms with Gasteiger partial charge in [-0.1, -0.05) is 6.07 Å². The molecule has 68 valence electrons. The Hall–Kier alpha value is -1.42. The summed E-state index contributed by atoms with van der Waals surface area (Å²) in [5, 5.41) is 5.90. The molecule has 1 aliphatic heterocycles. The average Bonchev–Trinajstić information content (AvgIpc) is 2.20. The molecular formula is C9H11N3O. The van der Waals surface area contributed by atoms with Crippen molar-refractivity contribution in [2.45, 2.75) is 6.04 Å². The molecule has 0 saturated carbocycles. The van der Waals surface area contributed by atoms with Crippen molar-refractivity contribution in [3.05, 3.63) is 30.1 Å². The minimum Gasteiger partial charge on any atom is -0.353 e. The van der Waals surface area contributed by atoms with Gasteiger partial charge in [0.05, 0.1) is 18.3 Å². The van der Waals surface area contributed by atoms with Crippen molar-refractivity contribution in [2.75, 3.05) is 13.1 Å². The molecule has 2 rings (SSSR count). The van der Waals surface area contributed by atoms with Crippen molar-refractivity contribution in [1.29, 1.82) is 0 Å². The molecular weight excluding hydrogens is 166 g/mol. The fraction of sp³-hybridized carbons (Fsp3) is 0.333. The van der Waals surface area contributed by atoms with E-state index in [-0.39, 0.29) is 11.9 Å². The predicted octanol–water partition coefficient (Wildman–Crippen LogP) is -0.158. The summed E-state index contributed by atoms with van der Waals surface area (Å²) in [5.74, 6) is 0.0483. The van der Waals surface area contributed by atoms with Gasteiger partial charge in [0.2, 0.25) is 5.91 Å². The lowest BCUT2D eigenvalue weighted by Crippen LogP contribution is -2.47. The van der Waals surface area contributed by atoms with Crippen molar-refractivity contribution in [3.63, 3.8) is 0 Å². The number of carbonyl (C=O) groups excluding carboxylic acids is 1. The topological polar surface area (TPSA) is 54.0 Å². The highest BCUT2D eigenvalue weighted by Gasteiger charge is 2.18. The van der Waals surface area contributed by atoms with Gasteiger partial charge in [-0.25, -0.2) is 0 Å². The standard InChI is InChI=1S/C9H11N3O/c13-9-6-11-8(5-12-9)7-3-1-2-4-10-7/h1-4,8,11H,5-6H2,(H,12,13). The first kappa shape index (κ1) is 8.19. The molecule has 1 aromatic rings. The van der Waals surface area contributed by atoms with Crippen molar-refractivity contribution >= 4 is 5.91 Å². The zero-order chi connectivity index (χ0) is 9.10. The first-order valence-corrected chi connectivity index (χ1v) is 4.27. The SMILES string of the molecule is O=C1CNC(c2ccccn2)CN1. The minimum absolute atomic E-state index is 0.0483. The van der Waals surface area contributed by atoms with Gasteiger partial charge in [-0.05, 0) is 12.1 Å². The van der Waals surface area contributed by atoms with Gasteiger partial charge in [-0.3, -0.25) is 15.1 Å². The Morgan fingerprint density at radius 1 is 1.46 bits per heavy atom. The molecule has 0 radical (unpaired) electrons. The average molecular weight is 177 g/mol. The van der Waals surface area contributed by atoms with Crippen LogP contribution in [0, 0.1) is 0 Å². The van der Waals surface area contributed by atoms with Crippen molar-refractivity contribution in [1.82, 2.24) is 15.6 Å². The van der Waals surface area contributed by atoms with Crippen LogP contribution in [0.25, 0.3) is 0 Å². The monoisotopic (exact) mass is 177 g/mol. The molecule has 2 heterocycles. The second-order valence-electron chi connectivity index (χ2n) is 2.99. The largest absolute Gasteiger partial charge is 0.353 e. The van der Waals surface area contributed by atoms with Gasteiger partial charge in [0, 0.05) is 12.7 Å². The van der Waals surface area contributed by atoms with Gasteiger partial charge in [0.25, 0.3) is 0 Å². The van der Waals surface area contributed by atoms with Gasteiger partial charge in [0.1, 0.15) is 0 Å². The first-order chi connectivity index (χ1) is 6.36. The molecule has 1 saturated heterocycles. The molecule has 0 bridgehead atoms. The van der Waals surface area contributed by atoms with E-state index in [9.17, 15) is 4.79 Å². The fourth-order valence-corrected chi connectivity index (χ4v) is 1.36. The van der Waals surface area contributed by atoms with Crippen LogP contribution in [-0.2, 0) is 4.79 Å². The van der Waals surface area contributed by atoms with Crippen molar-refractivity contribution in [3.8, 4) is 0 Å². The van der Waals surface area contributed by atoms with Crippen LogP contribution in [0.4, 0.5) is 0 Å². The van der Waals surface area contributed by atoms with Crippen molar-refractivity contribution in [2.24, 2.45) is 0 Å². The number of hydrogen-bond acceptors (Lipinski definition) is 3. The fourth-order valence-electron chi connectivity index (χ4n) is 1.36. The zero-order valence-corrected chi connectivity index (χ0v) is 7.16. The summed E-state index contributed by atoms with van der Waals surface area (Å²) >= 11 is 0. The molecule has 0 aliphatic carbocycles. The van der Waals surface area contributed by atoms with E-state index in [2.05, 4.69) is 15.6 Å². The van der Waals surface area contributed by atoms with Crippen molar-refractivity contribution < 1.29 is 4.79 Å². The van der Waals surface area contributed by atoms with Crippen LogP contribution in [-0.4, -0.2) is 24.0 Å².